The van der Waals surface area contributed by atoms with Crippen molar-refractivity contribution >= 4 is 28.4 Å². The molecule has 10 heteroatoms. The number of unbranched alkanes of at least 4 members (excludes halogenated alkanes) is 1. The van der Waals surface area contributed by atoms with Crippen LogP contribution in [-0.4, -0.2) is 67.5 Å². The van der Waals surface area contributed by atoms with E-state index >= 15 is 0 Å². The van der Waals surface area contributed by atoms with Crippen molar-refractivity contribution in [2.45, 2.75) is 32.7 Å². The molecule has 1 aliphatic heterocycles. The van der Waals surface area contributed by atoms with Crippen LogP contribution >= 0.6 is 0 Å². The molecule has 4 heterocycles. The van der Waals surface area contributed by atoms with Crippen LogP contribution in [0.4, 0.5) is 17.3 Å². The molecule has 3 aromatic heterocycles. The molecule has 5 rings (SSSR count). The van der Waals surface area contributed by atoms with Crippen LogP contribution in [0.5, 0.6) is 5.88 Å². The van der Waals surface area contributed by atoms with Gasteiger partial charge in [-0.2, -0.15) is 9.97 Å². The fourth-order valence-electron chi connectivity index (χ4n) is 4.66. The molecule has 2 N–H and O–H groups in total. The summed E-state index contributed by atoms with van der Waals surface area (Å²) in [7, 11) is 2.17. The van der Waals surface area contributed by atoms with E-state index in [4.69, 9.17) is 4.98 Å². The molecular weight excluding hydrogens is 480 g/mol. The number of likely N-dealkylation sites (N-methyl/N-ethyl adjacent to an activating group) is 1. The number of hydrogen-bond acceptors (Lipinski definition) is 8. The van der Waals surface area contributed by atoms with Gasteiger partial charge in [0.2, 0.25) is 11.8 Å². The molecule has 38 heavy (non-hydrogen) atoms. The Morgan fingerprint density at radius 3 is 2.66 bits per heavy atom. The van der Waals surface area contributed by atoms with E-state index in [1.807, 2.05) is 18.2 Å². The number of fused-ring (bicyclic) bond motifs is 1. The number of benzene rings is 1. The first kappa shape index (κ1) is 25.5. The van der Waals surface area contributed by atoms with Crippen molar-refractivity contribution in [2.24, 2.45) is 0 Å². The molecule has 4 aromatic rings. The highest BCUT2D eigenvalue weighted by Gasteiger charge is 2.18. The lowest BCUT2D eigenvalue weighted by Crippen LogP contribution is -2.28. The minimum absolute atomic E-state index is 0.131. The second kappa shape index (κ2) is 11.5. The Morgan fingerprint density at radius 2 is 1.87 bits per heavy atom. The first-order chi connectivity index (χ1) is 18.5. The minimum atomic E-state index is -0.217. The van der Waals surface area contributed by atoms with Gasteiger partial charge in [0.15, 0.2) is 11.5 Å². The van der Waals surface area contributed by atoms with Crippen LogP contribution in [0.1, 0.15) is 26.2 Å². The average molecular weight is 515 g/mol. The zero-order chi connectivity index (χ0) is 26.5. The maximum absolute atomic E-state index is 13.3. The molecule has 198 valence electrons. The fourth-order valence-corrected chi connectivity index (χ4v) is 4.66. The monoisotopic (exact) mass is 514 g/mol. The Bertz CT molecular complexity index is 1470. The van der Waals surface area contributed by atoms with E-state index in [1.54, 1.807) is 27.7 Å². The quantitative estimate of drug-likeness (QED) is 0.341. The Kier molecular flexibility index (Phi) is 7.69. The third-order valence-electron chi connectivity index (χ3n) is 6.72. The smallest absolute Gasteiger partial charge is 0.278 e. The maximum Gasteiger partial charge on any atom is 0.278 e. The van der Waals surface area contributed by atoms with Crippen LogP contribution in [0.25, 0.3) is 16.9 Å². The van der Waals surface area contributed by atoms with E-state index in [9.17, 15) is 9.90 Å². The van der Waals surface area contributed by atoms with Gasteiger partial charge in [0, 0.05) is 43.3 Å². The van der Waals surface area contributed by atoms with E-state index < -0.39 is 0 Å². The summed E-state index contributed by atoms with van der Waals surface area (Å²) in [6, 6.07) is 13.2. The van der Waals surface area contributed by atoms with Gasteiger partial charge in [0.05, 0.1) is 6.54 Å². The van der Waals surface area contributed by atoms with E-state index in [2.05, 4.69) is 57.3 Å². The van der Waals surface area contributed by atoms with Crippen molar-refractivity contribution in [3.8, 4) is 11.7 Å². The van der Waals surface area contributed by atoms with Crippen molar-refractivity contribution < 1.29 is 5.11 Å². The summed E-state index contributed by atoms with van der Waals surface area (Å²) in [5.41, 5.74) is 2.25. The third kappa shape index (κ3) is 5.55. The SMILES string of the molecule is CCC/C=C\Cn1c(=O)c2cnc(Nc3ccc(N4CCCN(C)CC4)cc3)nc2n1-c1cccc(O)n1. The number of hydrogen-bond donors (Lipinski definition) is 2. The largest absolute Gasteiger partial charge is 0.493 e. The summed E-state index contributed by atoms with van der Waals surface area (Å²) in [6.07, 6.45) is 8.66. The highest BCUT2D eigenvalue weighted by molar-refractivity contribution is 5.77. The number of anilines is 3. The van der Waals surface area contributed by atoms with Crippen LogP contribution in [0.2, 0.25) is 0 Å². The Morgan fingerprint density at radius 1 is 1.03 bits per heavy atom. The molecule has 0 saturated carbocycles. The first-order valence-electron chi connectivity index (χ1n) is 13.1. The van der Waals surface area contributed by atoms with Crippen molar-refractivity contribution in [3.05, 3.63) is 71.2 Å². The zero-order valence-corrected chi connectivity index (χ0v) is 21.9. The lowest BCUT2D eigenvalue weighted by Gasteiger charge is -2.23. The molecule has 0 bridgehead atoms. The topological polar surface area (TPSA) is 104 Å². The summed E-state index contributed by atoms with van der Waals surface area (Å²) in [4.78, 5) is 31.4. The van der Waals surface area contributed by atoms with Gasteiger partial charge in [-0.05, 0) is 56.8 Å². The predicted molar refractivity (Wildman–Crippen MR) is 151 cm³/mol. The molecule has 0 amide bonds. The van der Waals surface area contributed by atoms with Gasteiger partial charge in [0.1, 0.15) is 5.39 Å². The highest BCUT2D eigenvalue weighted by Crippen LogP contribution is 2.23. The summed E-state index contributed by atoms with van der Waals surface area (Å²) >= 11 is 0. The molecule has 0 unspecified atom stereocenters. The Balaban J connectivity index is 1.45. The molecule has 1 aliphatic rings. The molecular formula is C28H34N8O2. The van der Waals surface area contributed by atoms with Gasteiger partial charge in [-0.25, -0.2) is 14.3 Å². The van der Waals surface area contributed by atoms with Crippen molar-refractivity contribution in [2.75, 3.05) is 43.4 Å². The van der Waals surface area contributed by atoms with Crippen molar-refractivity contribution in [1.82, 2.24) is 29.2 Å². The standard InChI is InChI=1S/C28H34N8O2/c1-3-4-5-6-17-35-27(38)23-20-29-28(32-26(23)36(35)24-9-7-10-25(37)31-24)30-21-11-13-22(14-12-21)34-16-8-15-33(2)18-19-34/h5-7,9-14,20H,3-4,8,15-19H2,1-2H3,(H,31,37)(H,29,30,32)/b6-5-. The van der Waals surface area contributed by atoms with Crippen LogP contribution in [-0.2, 0) is 6.54 Å². The maximum atomic E-state index is 13.3. The van der Waals surface area contributed by atoms with Crippen LogP contribution in [0.3, 0.4) is 0 Å². The predicted octanol–water partition coefficient (Wildman–Crippen LogP) is 3.92. The van der Waals surface area contributed by atoms with Gasteiger partial charge >= 0.3 is 0 Å². The van der Waals surface area contributed by atoms with Gasteiger partial charge < -0.3 is 20.2 Å². The summed E-state index contributed by atoms with van der Waals surface area (Å²) in [5, 5.41) is 13.7. The van der Waals surface area contributed by atoms with Crippen molar-refractivity contribution in [1.29, 1.82) is 0 Å². The Hall–Kier alpha value is -4.18. The van der Waals surface area contributed by atoms with E-state index in [0.717, 1.165) is 51.1 Å². The highest BCUT2D eigenvalue weighted by atomic mass is 16.3. The van der Waals surface area contributed by atoms with Crippen LogP contribution in [0.15, 0.2) is 65.6 Å². The summed E-state index contributed by atoms with van der Waals surface area (Å²) in [5.74, 6) is 0.640. The zero-order valence-electron chi connectivity index (χ0n) is 21.9. The number of nitrogens with zero attached hydrogens (tertiary/aromatic N) is 7. The summed E-state index contributed by atoms with van der Waals surface area (Å²) in [6.45, 7) is 6.68. The molecule has 10 nitrogen and oxygen atoms in total. The molecule has 0 radical (unpaired) electrons. The second-order valence-corrected chi connectivity index (χ2v) is 9.56. The number of aromatic nitrogens is 5. The van der Waals surface area contributed by atoms with Gasteiger partial charge in [-0.3, -0.25) is 4.79 Å². The molecule has 0 atom stereocenters. The number of rotatable bonds is 8. The third-order valence-corrected chi connectivity index (χ3v) is 6.72. The average Bonchev–Trinajstić information content (AvgIpc) is 3.03. The molecule has 1 fully saturated rings. The fraction of sp³-hybridized carbons (Fsp3) is 0.357. The molecule has 1 aromatic carbocycles. The van der Waals surface area contributed by atoms with E-state index in [0.29, 0.717) is 29.3 Å². The first-order valence-corrected chi connectivity index (χ1v) is 13.1. The van der Waals surface area contributed by atoms with Crippen molar-refractivity contribution in [3.63, 3.8) is 0 Å². The van der Waals surface area contributed by atoms with Crippen LogP contribution < -0.4 is 15.8 Å². The van der Waals surface area contributed by atoms with E-state index in [-0.39, 0.29) is 11.4 Å². The normalized spacial score (nSPS) is 14.8. The molecule has 0 aliphatic carbocycles. The number of allylic oxidation sites excluding steroid dienone is 2. The minimum Gasteiger partial charge on any atom is -0.493 e. The lowest BCUT2D eigenvalue weighted by molar-refractivity contribution is 0.360. The number of nitrogens with one attached hydrogen (secondary N) is 1. The summed E-state index contributed by atoms with van der Waals surface area (Å²) < 4.78 is 3.20. The van der Waals surface area contributed by atoms with Gasteiger partial charge in [-0.1, -0.05) is 31.6 Å². The number of pyridine rings is 1. The van der Waals surface area contributed by atoms with Crippen LogP contribution in [0, 0.1) is 0 Å². The Labute approximate surface area is 221 Å². The number of aromatic hydroxyl groups is 1. The van der Waals surface area contributed by atoms with Gasteiger partial charge in [-0.15, -0.1) is 0 Å². The molecule has 0 spiro atoms. The van der Waals surface area contributed by atoms with E-state index in [1.165, 1.54) is 11.8 Å². The molecule has 1 saturated heterocycles. The van der Waals surface area contributed by atoms with Gasteiger partial charge in [0.25, 0.3) is 5.56 Å². The lowest BCUT2D eigenvalue weighted by atomic mass is 10.2. The second-order valence-electron chi connectivity index (χ2n) is 9.56.